The van der Waals surface area contributed by atoms with Gasteiger partial charge in [0.15, 0.2) is 0 Å². The normalized spacial score (nSPS) is 24.0. The highest BCUT2D eigenvalue weighted by Crippen LogP contribution is 2.69. The van der Waals surface area contributed by atoms with Crippen LogP contribution in [0.1, 0.15) is 75.5 Å². The van der Waals surface area contributed by atoms with Crippen LogP contribution in [-0.4, -0.2) is 42.3 Å². The van der Waals surface area contributed by atoms with E-state index >= 15 is 0 Å². The highest BCUT2D eigenvalue weighted by molar-refractivity contribution is 6.16. The van der Waals surface area contributed by atoms with Crippen LogP contribution in [0.2, 0.25) is 0 Å². The van der Waals surface area contributed by atoms with Crippen molar-refractivity contribution < 1.29 is 13.9 Å². The summed E-state index contributed by atoms with van der Waals surface area (Å²) in [5.74, 6) is -1.19. The Morgan fingerprint density at radius 1 is 1.03 bits per heavy atom. The van der Waals surface area contributed by atoms with Crippen molar-refractivity contribution in [3.63, 3.8) is 0 Å². The lowest BCUT2D eigenvalue weighted by molar-refractivity contribution is 0.152. The van der Waals surface area contributed by atoms with E-state index in [1.165, 1.54) is 18.2 Å². The predicted molar refractivity (Wildman–Crippen MR) is 131 cm³/mol. The largest absolute Gasteiger partial charge is 0.384 e. The molecule has 1 aromatic carbocycles. The molecule has 0 amide bonds. The molecule has 0 spiro atoms. The molecule has 2 atom stereocenters. The number of benzene rings is 1. The Morgan fingerprint density at radius 2 is 1.78 bits per heavy atom. The second-order valence-electron chi connectivity index (χ2n) is 11.0. The van der Waals surface area contributed by atoms with Crippen LogP contribution in [0.3, 0.4) is 0 Å². The molecule has 6 rings (SSSR count). The molecular weight excluding hydrogens is 462 g/mol. The van der Waals surface area contributed by atoms with Crippen molar-refractivity contribution in [1.82, 2.24) is 20.2 Å². The maximum Gasteiger partial charge on any atom is 0.135 e. The van der Waals surface area contributed by atoms with E-state index in [4.69, 9.17) is 4.98 Å². The highest BCUT2D eigenvalue weighted by Gasteiger charge is 2.65. The summed E-state index contributed by atoms with van der Waals surface area (Å²) in [7, 11) is 0. The van der Waals surface area contributed by atoms with Gasteiger partial charge in [0.25, 0.3) is 0 Å². The lowest BCUT2D eigenvalue weighted by Gasteiger charge is -2.37. The van der Waals surface area contributed by atoms with Gasteiger partial charge in [-0.05, 0) is 61.8 Å². The van der Waals surface area contributed by atoms with Crippen LogP contribution in [0.4, 0.5) is 8.78 Å². The quantitative estimate of drug-likeness (QED) is 0.573. The fourth-order valence-electron chi connectivity index (χ4n) is 6.30. The van der Waals surface area contributed by atoms with Gasteiger partial charge >= 0.3 is 0 Å². The van der Waals surface area contributed by atoms with E-state index in [0.29, 0.717) is 23.5 Å². The monoisotopic (exact) mass is 488 g/mol. The molecule has 2 aliphatic carbocycles. The second-order valence-corrected chi connectivity index (χ2v) is 11.0. The van der Waals surface area contributed by atoms with E-state index in [2.05, 4.69) is 39.2 Å². The van der Waals surface area contributed by atoms with Crippen molar-refractivity contribution in [2.24, 2.45) is 15.6 Å². The van der Waals surface area contributed by atoms with Crippen LogP contribution in [0.25, 0.3) is 11.3 Å². The summed E-state index contributed by atoms with van der Waals surface area (Å²) in [6.07, 6.45) is 5.53. The third-order valence-corrected chi connectivity index (χ3v) is 8.30. The van der Waals surface area contributed by atoms with Gasteiger partial charge in [-0.25, -0.2) is 13.8 Å². The maximum atomic E-state index is 14.5. The molecule has 0 radical (unpaired) electrons. The van der Waals surface area contributed by atoms with Crippen LogP contribution in [0.15, 0.2) is 46.9 Å². The molecule has 7 nitrogen and oxygen atoms in total. The lowest BCUT2D eigenvalue weighted by atomic mass is 9.66. The highest BCUT2D eigenvalue weighted by atomic mass is 19.1. The first-order valence-electron chi connectivity index (χ1n) is 12.1. The fraction of sp³-hybridized carbons (Fsp3) is 0.407. The number of aliphatic hydroxyl groups is 1. The summed E-state index contributed by atoms with van der Waals surface area (Å²) in [5.41, 5.74) is 2.50. The average molecular weight is 489 g/mol. The molecule has 0 saturated heterocycles. The Kier molecular flexibility index (Phi) is 4.80. The second kappa shape index (κ2) is 7.52. The zero-order valence-corrected chi connectivity index (χ0v) is 20.5. The molecule has 3 aromatic rings. The van der Waals surface area contributed by atoms with Crippen LogP contribution < -0.4 is 0 Å². The predicted octanol–water partition coefficient (Wildman–Crippen LogP) is 4.73. The summed E-state index contributed by atoms with van der Waals surface area (Å²) in [6, 6.07) is 5.58. The van der Waals surface area contributed by atoms with Gasteiger partial charge in [-0.1, -0.05) is 19.9 Å². The van der Waals surface area contributed by atoms with E-state index in [1.54, 1.807) is 32.3 Å². The Balaban J connectivity index is 1.44. The van der Waals surface area contributed by atoms with Crippen LogP contribution in [0, 0.1) is 17.0 Å². The van der Waals surface area contributed by atoms with Gasteiger partial charge in [-0.15, -0.1) is 5.10 Å². The van der Waals surface area contributed by atoms with Gasteiger partial charge in [0.2, 0.25) is 0 Å². The lowest BCUT2D eigenvalue weighted by Crippen LogP contribution is -2.38. The van der Waals surface area contributed by atoms with Crippen molar-refractivity contribution in [3.8, 4) is 11.3 Å². The molecule has 3 heterocycles. The number of halogens is 2. The number of aromatic nitrogens is 4. The smallest absolute Gasteiger partial charge is 0.135 e. The van der Waals surface area contributed by atoms with Crippen molar-refractivity contribution in [2.75, 3.05) is 0 Å². The molecule has 1 fully saturated rings. The van der Waals surface area contributed by atoms with Gasteiger partial charge in [-0.2, -0.15) is 15.3 Å². The summed E-state index contributed by atoms with van der Waals surface area (Å²) >= 11 is 0. The summed E-state index contributed by atoms with van der Waals surface area (Å²) in [5, 5.41) is 27.6. The zero-order valence-electron chi connectivity index (χ0n) is 20.5. The van der Waals surface area contributed by atoms with Crippen molar-refractivity contribution >= 4 is 11.4 Å². The number of fused-ring (bicyclic) bond motifs is 5. The molecule has 2 bridgehead atoms. The first-order chi connectivity index (χ1) is 17.0. The SMILES string of the molecule is CC(C)(O)C1=NN=C(c2cncc([C@@]34CC[C@@H](c5cc(-c6c(F)cccc6F)nnc53)C4(C)C)n2)C1. The number of rotatable bonds is 4. The van der Waals surface area contributed by atoms with Crippen LogP contribution >= 0.6 is 0 Å². The van der Waals surface area contributed by atoms with E-state index in [0.717, 1.165) is 29.8 Å². The van der Waals surface area contributed by atoms with Crippen LogP contribution in [0.5, 0.6) is 0 Å². The molecule has 184 valence electrons. The number of hydrogen-bond donors (Lipinski definition) is 1. The van der Waals surface area contributed by atoms with Crippen molar-refractivity contribution in [3.05, 3.63) is 70.9 Å². The molecule has 0 unspecified atom stereocenters. The molecule has 1 saturated carbocycles. The molecule has 9 heteroatoms. The molecule has 1 N–H and O–H groups in total. The summed E-state index contributed by atoms with van der Waals surface area (Å²) in [6.45, 7) is 7.74. The first kappa shape index (κ1) is 23.0. The van der Waals surface area contributed by atoms with Crippen LogP contribution in [-0.2, 0) is 5.41 Å². The number of hydrogen-bond acceptors (Lipinski definition) is 7. The van der Waals surface area contributed by atoms with E-state index in [1.807, 2.05) is 0 Å². The average Bonchev–Trinajstić information content (AvgIpc) is 3.48. The molecule has 36 heavy (non-hydrogen) atoms. The Morgan fingerprint density at radius 3 is 2.47 bits per heavy atom. The first-order valence-corrected chi connectivity index (χ1v) is 12.1. The van der Waals surface area contributed by atoms with Gasteiger partial charge < -0.3 is 5.11 Å². The Bertz CT molecular complexity index is 1460. The Labute approximate surface area is 207 Å². The van der Waals surface area contributed by atoms with Gasteiger partial charge in [0.1, 0.15) is 17.3 Å². The van der Waals surface area contributed by atoms with Crippen molar-refractivity contribution in [1.29, 1.82) is 0 Å². The molecule has 2 aromatic heterocycles. The minimum absolute atomic E-state index is 0.135. The maximum absolute atomic E-state index is 14.5. The van der Waals surface area contributed by atoms with E-state index in [-0.39, 0.29) is 22.6 Å². The van der Waals surface area contributed by atoms with Gasteiger partial charge in [-0.3, -0.25) is 4.98 Å². The van der Waals surface area contributed by atoms with Gasteiger partial charge in [0.05, 0.1) is 51.3 Å². The summed E-state index contributed by atoms with van der Waals surface area (Å²) in [4.78, 5) is 9.49. The van der Waals surface area contributed by atoms with Gasteiger partial charge in [0, 0.05) is 12.6 Å². The fourth-order valence-corrected chi connectivity index (χ4v) is 6.30. The Hall–Kier alpha value is -3.46. The molecule has 3 aliphatic rings. The minimum atomic E-state index is -1.06. The standard InChI is InChI=1S/C27H26F2N6O/c1-25(2)15-8-9-27(25,22-13-30-12-20(31-22)18-11-21(34-32-18)26(3,4)36)24-14(15)10-19(33-35-24)23-16(28)6-5-7-17(23)29/h5-7,10,12-13,15,36H,8-9,11H2,1-4H3/t15-,27-/m0/s1. The third kappa shape index (κ3) is 3.05. The van der Waals surface area contributed by atoms with Crippen molar-refractivity contribution in [2.45, 2.75) is 63.9 Å². The molecule has 1 aliphatic heterocycles. The van der Waals surface area contributed by atoms with E-state index < -0.39 is 22.7 Å². The minimum Gasteiger partial charge on any atom is -0.384 e. The topological polar surface area (TPSA) is 96.5 Å². The zero-order chi connectivity index (χ0) is 25.5. The van der Waals surface area contributed by atoms with E-state index in [9.17, 15) is 13.9 Å². The number of nitrogens with zero attached hydrogens (tertiary/aromatic N) is 6. The summed E-state index contributed by atoms with van der Waals surface area (Å²) < 4.78 is 29.0. The third-order valence-electron chi connectivity index (χ3n) is 8.30. The molecular formula is C27H26F2N6O.